The number of aliphatic hydroxyl groups is 2. The Morgan fingerprint density at radius 1 is 1.17 bits per heavy atom. The van der Waals surface area contributed by atoms with Crippen LogP contribution in [0, 0.1) is 40.4 Å². The highest BCUT2D eigenvalue weighted by Crippen LogP contribution is 2.67. The molecule has 2 N–H and O–H groups in total. The van der Waals surface area contributed by atoms with Crippen molar-refractivity contribution in [1.29, 1.82) is 0 Å². The van der Waals surface area contributed by atoms with Crippen molar-refractivity contribution in [3.63, 3.8) is 0 Å². The highest BCUT2D eigenvalue weighted by molar-refractivity contribution is 5.26. The van der Waals surface area contributed by atoms with E-state index in [1.807, 2.05) is 13.8 Å². The largest absolute Gasteiger partial charge is 0.390 e. The molecule has 0 spiro atoms. The van der Waals surface area contributed by atoms with Gasteiger partial charge in [-0.3, -0.25) is 0 Å². The fraction of sp³-hybridized carbons (Fsp3) is 0.857. The van der Waals surface area contributed by atoms with E-state index in [0.29, 0.717) is 16.7 Å². The smallest absolute Gasteiger partial charge is 0.0797 e. The van der Waals surface area contributed by atoms with Crippen molar-refractivity contribution in [2.75, 3.05) is 0 Å². The minimum absolute atomic E-state index is 0.318. The van der Waals surface area contributed by atoms with Gasteiger partial charge in [0, 0.05) is 0 Å². The van der Waals surface area contributed by atoms with Crippen LogP contribution in [0.5, 0.6) is 0 Å². The lowest BCUT2D eigenvalue weighted by Crippen LogP contribution is -2.52. The summed E-state index contributed by atoms with van der Waals surface area (Å²) in [5.74, 6) is 3.93. The molecule has 0 bridgehead atoms. The van der Waals surface area contributed by atoms with Crippen LogP contribution in [0.3, 0.4) is 0 Å². The lowest BCUT2D eigenvalue weighted by molar-refractivity contribution is -0.0711. The number of hydrogen-bond donors (Lipinski definition) is 2. The quantitative estimate of drug-likeness (QED) is 0.493. The van der Waals surface area contributed by atoms with Crippen LogP contribution >= 0.6 is 0 Å². The molecule has 0 aliphatic heterocycles. The highest BCUT2D eigenvalue weighted by Gasteiger charge is 2.59. The summed E-state index contributed by atoms with van der Waals surface area (Å²) in [5.41, 5.74) is 1.12. The fourth-order valence-electron chi connectivity index (χ4n) is 8.60. The van der Waals surface area contributed by atoms with E-state index in [2.05, 4.69) is 33.4 Å². The van der Waals surface area contributed by atoms with Gasteiger partial charge in [0.1, 0.15) is 0 Å². The van der Waals surface area contributed by atoms with Crippen molar-refractivity contribution in [2.45, 2.75) is 110 Å². The zero-order valence-corrected chi connectivity index (χ0v) is 20.2. The molecule has 4 aliphatic carbocycles. The minimum atomic E-state index is -0.730. The topological polar surface area (TPSA) is 40.5 Å². The fourth-order valence-corrected chi connectivity index (χ4v) is 8.60. The van der Waals surface area contributed by atoms with Gasteiger partial charge in [0.05, 0.1) is 11.2 Å². The van der Waals surface area contributed by atoms with Gasteiger partial charge in [0.15, 0.2) is 0 Å². The normalized spacial score (nSPS) is 48.6. The summed E-state index contributed by atoms with van der Waals surface area (Å²) in [5, 5.41) is 21.1. The maximum Gasteiger partial charge on any atom is 0.0797 e. The molecule has 4 aliphatic rings. The summed E-state index contributed by atoms with van der Waals surface area (Å²) >= 11 is 0. The van der Waals surface area contributed by atoms with Crippen LogP contribution in [-0.2, 0) is 0 Å². The Morgan fingerprint density at radius 2 is 1.90 bits per heavy atom. The van der Waals surface area contributed by atoms with Crippen LogP contribution in [0.2, 0.25) is 0 Å². The molecule has 0 aromatic rings. The number of allylic oxidation sites excluding steroid dienone is 1. The van der Waals surface area contributed by atoms with Crippen molar-refractivity contribution in [2.24, 2.45) is 40.4 Å². The SMILES string of the molecule is C=C[C@@](C)(O)CC[C@@H](C)[C@H]1CC[C@H]2[C@@H]3CC=C4C[C@@](C)(O)CC[C@]4(C)[C@H]3CC[C@]12C. The molecule has 0 unspecified atom stereocenters. The molecule has 4 rings (SSSR count). The van der Waals surface area contributed by atoms with Gasteiger partial charge in [-0.2, -0.15) is 0 Å². The maximum absolute atomic E-state index is 10.7. The molecular formula is C28H46O2. The molecule has 0 saturated heterocycles. The molecular weight excluding hydrogens is 368 g/mol. The standard InChI is InChI=1S/C28H46O2/c1-7-25(3,29)14-12-19(2)22-10-11-23-21-9-8-20-18-26(4,30)16-17-27(20,5)24(21)13-15-28(22,23)6/h7-8,19,21-24,29-30H,1,9-18H2,2-6H3/t19-,21+,22-,23+,24+,25-,26+,27+,28-/m1/s1. The lowest BCUT2D eigenvalue weighted by Gasteiger charge is -2.59. The second kappa shape index (κ2) is 7.48. The van der Waals surface area contributed by atoms with Crippen molar-refractivity contribution in [1.82, 2.24) is 0 Å². The Bertz CT molecular complexity index is 703. The minimum Gasteiger partial charge on any atom is -0.390 e. The third-order valence-electron chi connectivity index (χ3n) is 10.7. The summed E-state index contributed by atoms with van der Waals surface area (Å²) < 4.78 is 0. The van der Waals surface area contributed by atoms with E-state index in [4.69, 9.17) is 0 Å². The molecule has 170 valence electrons. The summed E-state index contributed by atoms with van der Waals surface area (Å²) in [4.78, 5) is 0. The van der Waals surface area contributed by atoms with Gasteiger partial charge in [-0.1, -0.05) is 38.5 Å². The predicted octanol–water partition coefficient (Wildman–Crippen LogP) is 6.67. The Hall–Kier alpha value is -0.600. The third kappa shape index (κ3) is 3.64. The zero-order valence-electron chi connectivity index (χ0n) is 20.2. The number of rotatable bonds is 5. The second-order valence-corrected chi connectivity index (χ2v) is 12.7. The van der Waals surface area contributed by atoms with E-state index < -0.39 is 11.2 Å². The van der Waals surface area contributed by atoms with Crippen LogP contribution in [0.25, 0.3) is 0 Å². The zero-order chi connectivity index (χ0) is 21.9. The van der Waals surface area contributed by atoms with Gasteiger partial charge >= 0.3 is 0 Å². The average molecular weight is 415 g/mol. The molecule has 0 aromatic heterocycles. The first-order valence-electron chi connectivity index (χ1n) is 12.7. The molecule has 0 aromatic carbocycles. The van der Waals surface area contributed by atoms with E-state index in [9.17, 15) is 10.2 Å². The van der Waals surface area contributed by atoms with E-state index >= 15 is 0 Å². The average Bonchev–Trinajstić information content (AvgIpc) is 3.04. The first-order valence-corrected chi connectivity index (χ1v) is 12.7. The Labute approximate surface area is 185 Å². The summed E-state index contributed by atoms with van der Waals surface area (Å²) in [6.07, 6.45) is 15.9. The third-order valence-corrected chi connectivity index (χ3v) is 10.7. The van der Waals surface area contributed by atoms with Crippen LogP contribution in [0.4, 0.5) is 0 Å². The van der Waals surface area contributed by atoms with E-state index in [1.165, 1.54) is 32.1 Å². The lowest BCUT2D eigenvalue weighted by atomic mass is 9.46. The van der Waals surface area contributed by atoms with E-state index in [1.54, 1.807) is 11.6 Å². The highest BCUT2D eigenvalue weighted by atomic mass is 16.3. The van der Waals surface area contributed by atoms with Crippen molar-refractivity contribution < 1.29 is 10.2 Å². The van der Waals surface area contributed by atoms with E-state index in [0.717, 1.165) is 55.8 Å². The molecule has 9 atom stereocenters. The van der Waals surface area contributed by atoms with Crippen molar-refractivity contribution >= 4 is 0 Å². The van der Waals surface area contributed by atoms with Crippen molar-refractivity contribution in [3.05, 3.63) is 24.3 Å². The molecule has 3 saturated carbocycles. The van der Waals surface area contributed by atoms with Gasteiger partial charge in [-0.15, -0.1) is 6.58 Å². The van der Waals surface area contributed by atoms with Crippen molar-refractivity contribution in [3.8, 4) is 0 Å². The summed E-state index contributed by atoms with van der Waals surface area (Å²) in [6, 6.07) is 0. The molecule has 2 nitrogen and oxygen atoms in total. The first kappa shape index (κ1) is 22.6. The monoisotopic (exact) mass is 414 g/mol. The Morgan fingerprint density at radius 3 is 2.60 bits per heavy atom. The van der Waals surface area contributed by atoms with Gasteiger partial charge in [-0.05, 0) is 118 Å². The Balaban J connectivity index is 1.51. The molecule has 2 heteroatoms. The molecule has 0 radical (unpaired) electrons. The van der Waals surface area contributed by atoms with E-state index in [-0.39, 0.29) is 0 Å². The first-order chi connectivity index (χ1) is 13.9. The van der Waals surface area contributed by atoms with Gasteiger partial charge in [-0.25, -0.2) is 0 Å². The van der Waals surface area contributed by atoms with Crippen LogP contribution in [-0.4, -0.2) is 21.4 Å². The van der Waals surface area contributed by atoms with Crippen LogP contribution in [0.1, 0.15) is 98.8 Å². The molecule has 0 heterocycles. The Kier molecular flexibility index (Phi) is 5.63. The molecule has 30 heavy (non-hydrogen) atoms. The predicted molar refractivity (Wildman–Crippen MR) is 125 cm³/mol. The van der Waals surface area contributed by atoms with Gasteiger partial charge < -0.3 is 10.2 Å². The molecule has 3 fully saturated rings. The summed E-state index contributed by atoms with van der Waals surface area (Å²) in [7, 11) is 0. The van der Waals surface area contributed by atoms with Crippen LogP contribution in [0.15, 0.2) is 24.3 Å². The van der Waals surface area contributed by atoms with Crippen LogP contribution < -0.4 is 0 Å². The number of hydrogen-bond acceptors (Lipinski definition) is 2. The maximum atomic E-state index is 10.7. The second-order valence-electron chi connectivity index (χ2n) is 12.7. The number of fused-ring (bicyclic) bond motifs is 5. The van der Waals surface area contributed by atoms with Gasteiger partial charge in [0.25, 0.3) is 0 Å². The summed E-state index contributed by atoms with van der Waals surface area (Å²) in [6.45, 7) is 15.3. The molecule has 0 amide bonds. The van der Waals surface area contributed by atoms with Gasteiger partial charge in [0.2, 0.25) is 0 Å².